The average Bonchev–Trinajstić information content (AvgIpc) is 2.51. The highest BCUT2D eigenvalue weighted by atomic mass is 15.1. The minimum Gasteiger partial charge on any atom is -0.255 e. The first-order valence-corrected chi connectivity index (χ1v) is 4.27. The van der Waals surface area contributed by atoms with Gasteiger partial charge >= 0.3 is 0 Å². The lowest BCUT2D eigenvalue weighted by Crippen LogP contribution is -1.78. The van der Waals surface area contributed by atoms with Crippen molar-refractivity contribution in [1.29, 1.82) is 0 Å². The van der Waals surface area contributed by atoms with Crippen molar-refractivity contribution in [1.82, 2.24) is 20.2 Å². The molecule has 66 valence electrons. The summed E-state index contributed by atoms with van der Waals surface area (Å²) in [5.74, 6) is 0. The van der Waals surface area contributed by atoms with Crippen molar-refractivity contribution in [3.05, 3.63) is 36.7 Å². The maximum absolute atomic E-state index is 4.39. The SMILES string of the molecule is c1ccc2nc3cnnc3cc2nc1. The molecule has 0 fully saturated rings. The van der Waals surface area contributed by atoms with E-state index in [0.29, 0.717) is 0 Å². The molecule has 4 heteroatoms. The standard InChI is InChI=1S/C10H6N4/c1-2-4-11-8-5-9-10(6-12-14-9)13-7(8)3-1/h1-6H. The zero-order valence-electron chi connectivity index (χ0n) is 7.25. The zero-order valence-corrected chi connectivity index (χ0v) is 7.25. The van der Waals surface area contributed by atoms with Gasteiger partial charge in [0.15, 0.2) is 0 Å². The number of hydrogen-bond acceptors (Lipinski definition) is 4. The Bertz CT molecular complexity index is 556. The van der Waals surface area contributed by atoms with Gasteiger partial charge in [0.1, 0.15) is 11.0 Å². The third-order valence-corrected chi connectivity index (χ3v) is 2.05. The Labute approximate surface area is 79.6 Å². The Balaban J connectivity index is 2.55. The summed E-state index contributed by atoms with van der Waals surface area (Å²) in [7, 11) is 0. The number of aromatic nitrogens is 4. The van der Waals surface area contributed by atoms with Crippen LogP contribution in [0.15, 0.2) is 36.7 Å². The highest BCUT2D eigenvalue weighted by Gasteiger charge is 2.00. The molecule has 0 saturated carbocycles. The molecule has 0 radical (unpaired) electrons. The highest BCUT2D eigenvalue weighted by Crippen LogP contribution is 2.13. The predicted molar refractivity (Wildman–Crippen MR) is 52.6 cm³/mol. The smallest absolute Gasteiger partial charge is 0.115 e. The monoisotopic (exact) mass is 182 g/mol. The second-order valence-electron chi connectivity index (χ2n) is 2.97. The largest absolute Gasteiger partial charge is 0.255 e. The summed E-state index contributed by atoms with van der Waals surface area (Å²) in [6, 6.07) is 7.61. The molecule has 0 saturated heterocycles. The van der Waals surface area contributed by atoms with Crippen molar-refractivity contribution < 1.29 is 0 Å². The molecule has 3 aromatic rings. The molecule has 0 aliphatic carbocycles. The molecule has 3 rings (SSSR count). The lowest BCUT2D eigenvalue weighted by molar-refractivity contribution is 1.12. The molecule has 0 aromatic carbocycles. The van der Waals surface area contributed by atoms with E-state index in [4.69, 9.17) is 0 Å². The van der Waals surface area contributed by atoms with Crippen LogP contribution in [0.2, 0.25) is 0 Å². The maximum atomic E-state index is 4.39. The van der Waals surface area contributed by atoms with E-state index in [2.05, 4.69) is 20.2 Å². The molecular weight excluding hydrogens is 176 g/mol. The Morgan fingerprint density at radius 1 is 0.929 bits per heavy atom. The van der Waals surface area contributed by atoms with E-state index in [1.807, 2.05) is 24.3 Å². The summed E-state index contributed by atoms with van der Waals surface area (Å²) in [6.07, 6.45) is 3.40. The van der Waals surface area contributed by atoms with E-state index in [-0.39, 0.29) is 0 Å². The first-order valence-electron chi connectivity index (χ1n) is 4.27. The van der Waals surface area contributed by atoms with E-state index >= 15 is 0 Å². The summed E-state index contributed by atoms with van der Waals surface area (Å²) in [5, 5.41) is 7.74. The van der Waals surface area contributed by atoms with Gasteiger partial charge < -0.3 is 0 Å². The Hall–Kier alpha value is -2.10. The Morgan fingerprint density at radius 3 is 2.93 bits per heavy atom. The maximum Gasteiger partial charge on any atom is 0.115 e. The zero-order chi connectivity index (χ0) is 9.38. The third kappa shape index (κ3) is 1.01. The van der Waals surface area contributed by atoms with Crippen LogP contribution in [0.5, 0.6) is 0 Å². The summed E-state index contributed by atoms with van der Waals surface area (Å²) in [4.78, 5) is 8.63. The molecule has 4 nitrogen and oxygen atoms in total. The van der Waals surface area contributed by atoms with Crippen LogP contribution < -0.4 is 0 Å². The lowest BCUT2D eigenvalue weighted by atomic mass is 10.3. The van der Waals surface area contributed by atoms with Gasteiger partial charge in [-0.15, -0.1) is 5.10 Å². The van der Waals surface area contributed by atoms with Crippen molar-refractivity contribution in [3.63, 3.8) is 0 Å². The van der Waals surface area contributed by atoms with E-state index in [9.17, 15) is 0 Å². The minimum atomic E-state index is 0.788. The average molecular weight is 182 g/mol. The minimum absolute atomic E-state index is 0.788. The summed E-state index contributed by atoms with van der Waals surface area (Å²) >= 11 is 0. The number of pyridine rings is 1. The second-order valence-corrected chi connectivity index (χ2v) is 2.97. The van der Waals surface area contributed by atoms with Crippen molar-refractivity contribution in [2.75, 3.05) is 0 Å². The molecule has 0 bridgehead atoms. The van der Waals surface area contributed by atoms with Crippen molar-refractivity contribution in [2.24, 2.45) is 0 Å². The Kier molecular flexibility index (Phi) is 1.41. The summed E-state index contributed by atoms with van der Waals surface area (Å²) in [6.45, 7) is 0. The van der Waals surface area contributed by atoms with Crippen LogP contribution in [0.3, 0.4) is 0 Å². The molecule has 0 amide bonds. The molecular formula is C10H6N4. The topological polar surface area (TPSA) is 51.6 Å². The van der Waals surface area contributed by atoms with Crippen molar-refractivity contribution in [2.45, 2.75) is 0 Å². The van der Waals surface area contributed by atoms with Gasteiger partial charge in [-0.2, -0.15) is 5.10 Å². The van der Waals surface area contributed by atoms with Crippen LogP contribution in [0.1, 0.15) is 0 Å². The molecule has 0 unspecified atom stereocenters. The molecule has 0 spiro atoms. The quantitative estimate of drug-likeness (QED) is 0.529. The van der Waals surface area contributed by atoms with Crippen LogP contribution in [-0.2, 0) is 0 Å². The highest BCUT2D eigenvalue weighted by molar-refractivity contribution is 5.87. The van der Waals surface area contributed by atoms with Gasteiger partial charge in [0.25, 0.3) is 0 Å². The fourth-order valence-electron chi connectivity index (χ4n) is 1.39. The van der Waals surface area contributed by atoms with Crippen LogP contribution in [0, 0.1) is 0 Å². The van der Waals surface area contributed by atoms with E-state index in [0.717, 1.165) is 22.1 Å². The van der Waals surface area contributed by atoms with Crippen molar-refractivity contribution >= 4 is 22.1 Å². The number of hydrogen-bond donors (Lipinski definition) is 0. The second kappa shape index (κ2) is 2.70. The molecule has 3 heterocycles. The van der Waals surface area contributed by atoms with Crippen LogP contribution in [-0.4, -0.2) is 20.2 Å². The van der Waals surface area contributed by atoms with E-state index in [1.54, 1.807) is 12.4 Å². The molecule has 0 aliphatic rings. The van der Waals surface area contributed by atoms with E-state index in [1.165, 1.54) is 0 Å². The first-order chi connectivity index (χ1) is 6.93. The van der Waals surface area contributed by atoms with E-state index < -0.39 is 0 Å². The van der Waals surface area contributed by atoms with Gasteiger partial charge in [-0.25, -0.2) is 4.98 Å². The summed E-state index contributed by atoms with van der Waals surface area (Å²) < 4.78 is 0. The molecule has 3 aromatic heterocycles. The number of nitrogens with zero attached hydrogens (tertiary/aromatic N) is 4. The van der Waals surface area contributed by atoms with Gasteiger partial charge in [-0.3, -0.25) is 4.98 Å². The molecule has 14 heavy (non-hydrogen) atoms. The normalized spacial score (nSPS) is 10.9. The van der Waals surface area contributed by atoms with Gasteiger partial charge in [0.05, 0.1) is 17.2 Å². The number of rotatable bonds is 0. The lowest BCUT2D eigenvalue weighted by Gasteiger charge is -1.90. The molecule has 0 atom stereocenters. The van der Waals surface area contributed by atoms with Crippen LogP contribution >= 0.6 is 0 Å². The first kappa shape index (κ1) is 7.32. The molecule has 0 aliphatic heterocycles. The van der Waals surface area contributed by atoms with Gasteiger partial charge in [0.2, 0.25) is 0 Å². The summed E-state index contributed by atoms with van der Waals surface area (Å²) in [5.41, 5.74) is 3.29. The fraction of sp³-hybridized carbons (Fsp3) is 0. The molecule has 0 N–H and O–H groups in total. The third-order valence-electron chi connectivity index (χ3n) is 2.05. The van der Waals surface area contributed by atoms with Gasteiger partial charge in [-0.1, -0.05) is 6.07 Å². The van der Waals surface area contributed by atoms with Crippen LogP contribution in [0.25, 0.3) is 22.1 Å². The number of fused-ring (bicyclic) bond motifs is 2. The fourth-order valence-corrected chi connectivity index (χ4v) is 1.39. The van der Waals surface area contributed by atoms with Crippen molar-refractivity contribution in [3.8, 4) is 0 Å². The predicted octanol–water partition coefficient (Wildman–Crippen LogP) is 1.57. The van der Waals surface area contributed by atoms with Gasteiger partial charge in [0, 0.05) is 6.20 Å². The Morgan fingerprint density at radius 2 is 1.93 bits per heavy atom. The van der Waals surface area contributed by atoms with Gasteiger partial charge in [-0.05, 0) is 18.2 Å². The van der Waals surface area contributed by atoms with Crippen LogP contribution in [0.4, 0.5) is 0 Å².